The number of pyridine rings is 1. The van der Waals surface area contributed by atoms with E-state index in [1.807, 2.05) is 18.6 Å². The largest absolute Gasteiger partial charge is 0.354 e. The SMILES string of the molecule is CCCNCc1cccc(N(C)Cc2cscn2)n1. The quantitative estimate of drug-likeness (QED) is 0.789. The van der Waals surface area contributed by atoms with Crippen LogP contribution in [0.25, 0.3) is 0 Å². The molecule has 2 aromatic heterocycles. The molecule has 5 heteroatoms. The summed E-state index contributed by atoms with van der Waals surface area (Å²) in [7, 11) is 2.05. The molecule has 2 heterocycles. The number of nitrogens with zero attached hydrogens (tertiary/aromatic N) is 3. The lowest BCUT2D eigenvalue weighted by molar-refractivity contribution is 0.663. The zero-order chi connectivity index (χ0) is 13.5. The molecule has 0 atom stereocenters. The van der Waals surface area contributed by atoms with E-state index in [1.54, 1.807) is 11.3 Å². The van der Waals surface area contributed by atoms with Gasteiger partial charge in [0.05, 0.1) is 23.4 Å². The Morgan fingerprint density at radius 3 is 2.95 bits per heavy atom. The summed E-state index contributed by atoms with van der Waals surface area (Å²) in [5, 5.41) is 5.44. The van der Waals surface area contributed by atoms with Crippen molar-refractivity contribution in [3.05, 3.63) is 40.5 Å². The van der Waals surface area contributed by atoms with Crippen LogP contribution in [0.2, 0.25) is 0 Å². The van der Waals surface area contributed by atoms with Crippen LogP contribution in [0.3, 0.4) is 0 Å². The van der Waals surface area contributed by atoms with E-state index in [0.29, 0.717) is 0 Å². The van der Waals surface area contributed by atoms with Gasteiger partial charge in [-0.25, -0.2) is 9.97 Å². The Morgan fingerprint density at radius 1 is 1.32 bits per heavy atom. The number of rotatable bonds is 7. The first kappa shape index (κ1) is 14.0. The Bertz CT molecular complexity index is 484. The van der Waals surface area contributed by atoms with Crippen molar-refractivity contribution in [2.45, 2.75) is 26.4 Å². The fraction of sp³-hybridized carbons (Fsp3) is 0.429. The van der Waals surface area contributed by atoms with Gasteiger partial charge in [0.25, 0.3) is 0 Å². The van der Waals surface area contributed by atoms with Crippen molar-refractivity contribution in [2.75, 3.05) is 18.5 Å². The van der Waals surface area contributed by atoms with Crippen LogP contribution in [0.15, 0.2) is 29.1 Å². The van der Waals surface area contributed by atoms with Gasteiger partial charge in [0, 0.05) is 19.0 Å². The van der Waals surface area contributed by atoms with Gasteiger partial charge in [-0.05, 0) is 25.1 Å². The van der Waals surface area contributed by atoms with Crippen molar-refractivity contribution in [3.8, 4) is 0 Å². The molecule has 0 aliphatic carbocycles. The van der Waals surface area contributed by atoms with E-state index >= 15 is 0 Å². The molecular weight excluding hydrogens is 256 g/mol. The minimum atomic E-state index is 0.794. The highest BCUT2D eigenvalue weighted by Crippen LogP contribution is 2.13. The van der Waals surface area contributed by atoms with Gasteiger partial charge in [-0.2, -0.15) is 0 Å². The van der Waals surface area contributed by atoms with Gasteiger partial charge in [-0.3, -0.25) is 0 Å². The summed E-state index contributed by atoms with van der Waals surface area (Å²) in [6, 6.07) is 6.15. The normalized spacial score (nSPS) is 10.6. The Morgan fingerprint density at radius 2 is 2.21 bits per heavy atom. The molecule has 0 saturated carbocycles. The van der Waals surface area contributed by atoms with Crippen molar-refractivity contribution < 1.29 is 0 Å². The molecule has 4 nitrogen and oxygen atoms in total. The number of thiazole rings is 1. The van der Waals surface area contributed by atoms with Crippen LogP contribution in [0.1, 0.15) is 24.7 Å². The van der Waals surface area contributed by atoms with Gasteiger partial charge in [0.1, 0.15) is 5.82 Å². The molecule has 1 N–H and O–H groups in total. The minimum absolute atomic E-state index is 0.794. The van der Waals surface area contributed by atoms with Gasteiger partial charge in [0.2, 0.25) is 0 Å². The summed E-state index contributed by atoms with van der Waals surface area (Å²) in [5.74, 6) is 0.990. The number of hydrogen-bond acceptors (Lipinski definition) is 5. The molecule has 0 aliphatic heterocycles. The van der Waals surface area contributed by atoms with E-state index in [2.05, 4.69) is 44.6 Å². The first-order valence-corrected chi connectivity index (χ1v) is 7.48. The first-order valence-electron chi connectivity index (χ1n) is 6.54. The molecule has 102 valence electrons. The highest BCUT2D eigenvalue weighted by molar-refractivity contribution is 7.07. The Labute approximate surface area is 118 Å². The third kappa shape index (κ3) is 4.29. The maximum Gasteiger partial charge on any atom is 0.128 e. The molecule has 2 rings (SSSR count). The van der Waals surface area contributed by atoms with E-state index < -0.39 is 0 Å². The first-order chi connectivity index (χ1) is 9.29. The van der Waals surface area contributed by atoms with Gasteiger partial charge >= 0.3 is 0 Å². The molecule has 0 fully saturated rings. The average molecular weight is 276 g/mol. The molecule has 0 unspecified atom stereocenters. The number of aromatic nitrogens is 2. The van der Waals surface area contributed by atoms with Crippen molar-refractivity contribution >= 4 is 17.2 Å². The molecule has 2 aromatic rings. The highest BCUT2D eigenvalue weighted by atomic mass is 32.1. The summed E-state index contributed by atoms with van der Waals surface area (Å²) < 4.78 is 0. The molecule has 19 heavy (non-hydrogen) atoms. The van der Waals surface area contributed by atoms with Gasteiger partial charge < -0.3 is 10.2 Å². The van der Waals surface area contributed by atoms with Crippen LogP contribution < -0.4 is 10.2 Å². The Kier molecular flexibility index (Phi) is 5.30. The maximum atomic E-state index is 4.66. The number of anilines is 1. The summed E-state index contributed by atoms with van der Waals surface area (Å²) in [5.41, 5.74) is 4.03. The van der Waals surface area contributed by atoms with Crippen LogP contribution in [-0.2, 0) is 13.1 Å². The van der Waals surface area contributed by atoms with E-state index in [4.69, 9.17) is 0 Å². The molecule has 0 radical (unpaired) electrons. The molecule has 0 amide bonds. The average Bonchev–Trinajstić information content (AvgIpc) is 2.92. The van der Waals surface area contributed by atoms with Gasteiger partial charge in [0.15, 0.2) is 0 Å². The summed E-state index contributed by atoms with van der Waals surface area (Å²) in [6.07, 6.45) is 1.14. The smallest absolute Gasteiger partial charge is 0.128 e. The predicted molar refractivity (Wildman–Crippen MR) is 80.5 cm³/mol. The number of hydrogen-bond donors (Lipinski definition) is 1. The molecule has 0 bridgehead atoms. The molecule has 0 spiro atoms. The Balaban J connectivity index is 1.97. The lowest BCUT2D eigenvalue weighted by Gasteiger charge is -2.17. The highest BCUT2D eigenvalue weighted by Gasteiger charge is 2.05. The third-order valence-corrected chi connectivity index (χ3v) is 3.43. The fourth-order valence-electron chi connectivity index (χ4n) is 1.81. The second-order valence-corrected chi connectivity index (χ2v) is 5.22. The van der Waals surface area contributed by atoms with Crippen LogP contribution in [0, 0.1) is 0 Å². The monoisotopic (exact) mass is 276 g/mol. The van der Waals surface area contributed by atoms with Crippen LogP contribution >= 0.6 is 11.3 Å². The van der Waals surface area contributed by atoms with Crippen molar-refractivity contribution in [2.24, 2.45) is 0 Å². The predicted octanol–water partition coefficient (Wildman–Crippen LogP) is 2.67. The van der Waals surface area contributed by atoms with Crippen molar-refractivity contribution in [3.63, 3.8) is 0 Å². The lowest BCUT2D eigenvalue weighted by Crippen LogP contribution is -2.20. The molecule has 0 saturated heterocycles. The van der Waals surface area contributed by atoms with Gasteiger partial charge in [-0.15, -0.1) is 11.3 Å². The van der Waals surface area contributed by atoms with E-state index in [9.17, 15) is 0 Å². The summed E-state index contributed by atoms with van der Waals surface area (Å²) in [4.78, 5) is 11.1. The van der Waals surface area contributed by atoms with E-state index in [-0.39, 0.29) is 0 Å². The zero-order valence-corrected chi connectivity index (χ0v) is 12.3. The fourth-order valence-corrected chi connectivity index (χ4v) is 2.36. The number of nitrogens with one attached hydrogen (secondary N) is 1. The topological polar surface area (TPSA) is 41.0 Å². The second kappa shape index (κ2) is 7.21. The molecule has 0 aliphatic rings. The minimum Gasteiger partial charge on any atom is -0.354 e. The van der Waals surface area contributed by atoms with Crippen molar-refractivity contribution in [1.29, 1.82) is 0 Å². The molecule has 0 aromatic carbocycles. The summed E-state index contributed by atoms with van der Waals surface area (Å²) >= 11 is 1.63. The van der Waals surface area contributed by atoms with E-state index in [1.165, 1.54) is 0 Å². The van der Waals surface area contributed by atoms with Crippen LogP contribution in [0.4, 0.5) is 5.82 Å². The van der Waals surface area contributed by atoms with Crippen molar-refractivity contribution in [1.82, 2.24) is 15.3 Å². The van der Waals surface area contributed by atoms with Crippen LogP contribution in [-0.4, -0.2) is 23.6 Å². The standard InChI is InChI=1S/C14H20N4S/c1-3-7-15-8-12-5-4-6-14(17-12)18(2)9-13-10-19-11-16-13/h4-6,10-11,15H,3,7-9H2,1-2H3. The van der Waals surface area contributed by atoms with Crippen LogP contribution in [0.5, 0.6) is 0 Å². The second-order valence-electron chi connectivity index (χ2n) is 4.50. The Hall–Kier alpha value is -1.46. The molecular formula is C14H20N4S. The lowest BCUT2D eigenvalue weighted by atomic mass is 10.3. The maximum absolute atomic E-state index is 4.66. The van der Waals surface area contributed by atoms with E-state index in [0.717, 1.165) is 43.3 Å². The zero-order valence-electron chi connectivity index (χ0n) is 11.5. The summed E-state index contributed by atoms with van der Waals surface area (Å²) in [6.45, 7) is 4.81. The third-order valence-electron chi connectivity index (χ3n) is 2.80. The van der Waals surface area contributed by atoms with Gasteiger partial charge in [-0.1, -0.05) is 13.0 Å².